The van der Waals surface area contributed by atoms with Gasteiger partial charge in [-0.25, -0.2) is 4.79 Å². The molecule has 130 valence electrons. The molecule has 1 heterocycles. The average Bonchev–Trinajstić information content (AvgIpc) is 2.92. The van der Waals surface area contributed by atoms with Crippen molar-refractivity contribution in [2.75, 3.05) is 19.8 Å². The van der Waals surface area contributed by atoms with Crippen LogP contribution in [0.25, 0.3) is 10.9 Å². The molecule has 24 heavy (non-hydrogen) atoms. The predicted molar refractivity (Wildman–Crippen MR) is 89.6 cm³/mol. The van der Waals surface area contributed by atoms with Crippen LogP contribution in [0.15, 0.2) is 30.5 Å². The van der Waals surface area contributed by atoms with Crippen molar-refractivity contribution in [2.45, 2.75) is 33.4 Å². The first-order valence-corrected chi connectivity index (χ1v) is 8.07. The van der Waals surface area contributed by atoms with Crippen molar-refractivity contribution in [1.82, 2.24) is 4.57 Å². The number of carbonyl (C=O) groups excluding carboxylic acids is 2. The topological polar surface area (TPSA) is 66.8 Å². The Kier molecular flexibility index (Phi) is 6.37. The molecule has 0 N–H and O–H groups in total. The summed E-state index contributed by atoms with van der Waals surface area (Å²) in [5, 5.41) is 0.984. The molecule has 0 saturated heterocycles. The summed E-state index contributed by atoms with van der Waals surface area (Å²) in [5.41, 5.74) is 1.84. The Morgan fingerprint density at radius 1 is 1.08 bits per heavy atom. The first kappa shape index (κ1) is 18.0. The largest absolute Gasteiger partial charge is 0.465 e. The van der Waals surface area contributed by atoms with Gasteiger partial charge < -0.3 is 18.8 Å². The van der Waals surface area contributed by atoms with E-state index in [4.69, 9.17) is 14.2 Å². The van der Waals surface area contributed by atoms with E-state index < -0.39 is 0 Å². The average molecular weight is 333 g/mol. The number of hydrogen-bond acceptors (Lipinski definition) is 5. The lowest BCUT2D eigenvalue weighted by molar-refractivity contribution is -0.150. The fraction of sp³-hybridized carbons (Fsp3) is 0.444. The molecule has 0 saturated carbocycles. The van der Waals surface area contributed by atoms with Gasteiger partial charge in [0.15, 0.2) is 0 Å². The van der Waals surface area contributed by atoms with E-state index in [1.165, 1.54) is 0 Å². The van der Waals surface area contributed by atoms with Crippen LogP contribution in [0.4, 0.5) is 0 Å². The number of nitrogens with zero attached hydrogens (tertiary/aromatic N) is 1. The van der Waals surface area contributed by atoms with Crippen LogP contribution in [0.3, 0.4) is 0 Å². The van der Waals surface area contributed by atoms with Crippen molar-refractivity contribution in [1.29, 1.82) is 0 Å². The summed E-state index contributed by atoms with van der Waals surface area (Å²) < 4.78 is 17.3. The van der Waals surface area contributed by atoms with E-state index in [0.717, 1.165) is 16.5 Å². The zero-order chi connectivity index (χ0) is 17.5. The number of fused-ring (bicyclic) bond motifs is 1. The van der Waals surface area contributed by atoms with Gasteiger partial charge in [0.2, 0.25) is 0 Å². The molecule has 0 amide bonds. The standard InChI is InChI=1S/C18H23NO5/c1-4-22-17(20)11-19-10-15(14-8-6-7-9-16(14)19)13(3)24-12-18(21)23-5-2/h6-10,13H,4-5,11-12H2,1-3H3. The zero-order valence-corrected chi connectivity index (χ0v) is 14.3. The van der Waals surface area contributed by atoms with Gasteiger partial charge in [-0.05, 0) is 26.8 Å². The van der Waals surface area contributed by atoms with Crippen LogP contribution in [0.1, 0.15) is 32.4 Å². The number of hydrogen-bond donors (Lipinski definition) is 0. The quantitative estimate of drug-likeness (QED) is 0.695. The van der Waals surface area contributed by atoms with Gasteiger partial charge in [0, 0.05) is 22.7 Å². The summed E-state index contributed by atoms with van der Waals surface area (Å²) >= 11 is 0. The highest BCUT2D eigenvalue weighted by Crippen LogP contribution is 2.28. The molecule has 6 heteroatoms. The maximum Gasteiger partial charge on any atom is 0.332 e. The number of aromatic nitrogens is 1. The maximum atomic E-state index is 11.8. The van der Waals surface area contributed by atoms with Crippen molar-refractivity contribution in [3.63, 3.8) is 0 Å². The third kappa shape index (κ3) is 4.35. The predicted octanol–water partition coefficient (Wildman–Crippen LogP) is 2.85. The Balaban J connectivity index is 2.20. The van der Waals surface area contributed by atoms with Crippen LogP contribution in [0, 0.1) is 0 Å². The van der Waals surface area contributed by atoms with E-state index in [-0.39, 0.29) is 31.2 Å². The minimum Gasteiger partial charge on any atom is -0.465 e. The summed E-state index contributed by atoms with van der Waals surface area (Å²) in [6.45, 7) is 6.12. The zero-order valence-electron chi connectivity index (χ0n) is 14.3. The van der Waals surface area contributed by atoms with Crippen molar-refractivity contribution >= 4 is 22.8 Å². The fourth-order valence-electron chi connectivity index (χ4n) is 2.56. The van der Waals surface area contributed by atoms with Crippen molar-refractivity contribution < 1.29 is 23.8 Å². The van der Waals surface area contributed by atoms with Crippen molar-refractivity contribution in [2.24, 2.45) is 0 Å². The number of para-hydroxylation sites is 1. The lowest BCUT2D eigenvalue weighted by Gasteiger charge is -2.11. The summed E-state index contributed by atoms with van der Waals surface area (Å²) in [4.78, 5) is 23.2. The van der Waals surface area contributed by atoms with E-state index in [9.17, 15) is 9.59 Å². The molecule has 6 nitrogen and oxygen atoms in total. The van der Waals surface area contributed by atoms with Crippen LogP contribution in [0.2, 0.25) is 0 Å². The fourth-order valence-corrected chi connectivity index (χ4v) is 2.56. The number of esters is 2. The van der Waals surface area contributed by atoms with E-state index in [1.807, 2.05) is 42.0 Å². The minimum atomic E-state index is -0.389. The van der Waals surface area contributed by atoms with Gasteiger partial charge in [-0.1, -0.05) is 18.2 Å². The molecule has 2 aromatic rings. The second kappa shape index (κ2) is 8.49. The normalized spacial score (nSPS) is 12.1. The van der Waals surface area contributed by atoms with Crippen molar-refractivity contribution in [3.8, 4) is 0 Å². The van der Waals surface area contributed by atoms with E-state index >= 15 is 0 Å². The van der Waals surface area contributed by atoms with Gasteiger partial charge in [0.05, 0.1) is 19.3 Å². The number of ether oxygens (including phenoxy) is 3. The third-order valence-corrected chi connectivity index (χ3v) is 3.62. The Bertz CT molecular complexity index is 706. The Morgan fingerprint density at radius 3 is 2.46 bits per heavy atom. The number of rotatable bonds is 8. The molecule has 0 aliphatic rings. The number of carbonyl (C=O) groups is 2. The van der Waals surface area contributed by atoms with Crippen LogP contribution in [-0.2, 0) is 30.3 Å². The van der Waals surface area contributed by atoms with Gasteiger partial charge in [-0.2, -0.15) is 0 Å². The van der Waals surface area contributed by atoms with E-state index in [0.29, 0.717) is 13.2 Å². The van der Waals surface area contributed by atoms with Crippen molar-refractivity contribution in [3.05, 3.63) is 36.0 Å². The summed E-state index contributed by atoms with van der Waals surface area (Å²) in [6, 6.07) is 7.75. The van der Waals surface area contributed by atoms with Gasteiger partial charge in [-0.3, -0.25) is 4.79 Å². The van der Waals surface area contributed by atoms with Gasteiger partial charge >= 0.3 is 11.9 Å². The SMILES string of the molecule is CCOC(=O)COC(C)c1cn(CC(=O)OCC)c2ccccc12. The molecule has 1 unspecified atom stereocenters. The molecule has 1 aromatic heterocycles. The first-order chi connectivity index (χ1) is 11.6. The lowest BCUT2D eigenvalue weighted by Crippen LogP contribution is -2.14. The minimum absolute atomic E-state index is 0.105. The number of benzene rings is 1. The highest BCUT2D eigenvalue weighted by Gasteiger charge is 2.17. The highest BCUT2D eigenvalue weighted by atomic mass is 16.6. The van der Waals surface area contributed by atoms with Gasteiger partial charge in [0.1, 0.15) is 13.2 Å². The molecule has 0 radical (unpaired) electrons. The van der Waals surface area contributed by atoms with Gasteiger partial charge in [-0.15, -0.1) is 0 Å². The molecule has 2 rings (SSSR count). The molecule has 0 aliphatic carbocycles. The monoisotopic (exact) mass is 333 g/mol. The summed E-state index contributed by atoms with van der Waals surface area (Å²) in [7, 11) is 0. The third-order valence-electron chi connectivity index (χ3n) is 3.62. The molecule has 0 aliphatic heterocycles. The summed E-state index contributed by atoms with van der Waals surface area (Å²) in [6.07, 6.45) is 1.57. The Labute approximate surface area is 141 Å². The molecule has 1 atom stereocenters. The molecular formula is C18H23NO5. The molecule has 1 aromatic carbocycles. The van der Waals surface area contributed by atoms with Crippen LogP contribution in [-0.4, -0.2) is 36.3 Å². The van der Waals surface area contributed by atoms with E-state index in [2.05, 4.69) is 0 Å². The first-order valence-electron chi connectivity index (χ1n) is 8.07. The second-order valence-corrected chi connectivity index (χ2v) is 5.29. The smallest absolute Gasteiger partial charge is 0.332 e. The summed E-state index contributed by atoms with van der Waals surface area (Å²) in [5.74, 6) is -0.676. The maximum absolute atomic E-state index is 11.8. The van der Waals surface area contributed by atoms with Crippen LogP contribution >= 0.6 is 0 Å². The molecule has 0 spiro atoms. The Morgan fingerprint density at radius 2 is 1.75 bits per heavy atom. The Hall–Kier alpha value is -2.34. The van der Waals surface area contributed by atoms with Crippen LogP contribution in [0.5, 0.6) is 0 Å². The van der Waals surface area contributed by atoms with E-state index in [1.54, 1.807) is 13.8 Å². The highest BCUT2D eigenvalue weighted by molar-refractivity contribution is 5.85. The second-order valence-electron chi connectivity index (χ2n) is 5.29. The van der Waals surface area contributed by atoms with Crippen LogP contribution < -0.4 is 0 Å². The molecule has 0 bridgehead atoms. The van der Waals surface area contributed by atoms with Gasteiger partial charge in [0.25, 0.3) is 0 Å². The lowest BCUT2D eigenvalue weighted by atomic mass is 10.1. The molecular weight excluding hydrogens is 310 g/mol. The molecule has 0 fully saturated rings.